The van der Waals surface area contributed by atoms with Crippen molar-refractivity contribution in [1.29, 1.82) is 21.0 Å². The van der Waals surface area contributed by atoms with Gasteiger partial charge in [0.05, 0.1) is 24.3 Å². The predicted octanol–water partition coefficient (Wildman–Crippen LogP) is 4.40. The van der Waals surface area contributed by atoms with Crippen molar-refractivity contribution < 1.29 is 0 Å². The normalized spacial score (nSPS) is 10.8. The Morgan fingerprint density at radius 2 is 0.846 bits per heavy atom. The number of nitriles is 4. The van der Waals surface area contributed by atoms with Gasteiger partial charge in [0.25, 0.3) is 0 Å². The van der Waals surface area contributed by atoms with Crippen LogP contribution in [0.4, 0.5) is 0 Å². The van der Waals surface area contributed by atoms with Crippen LogP contribution in [0.1, 0.15) is 11.1 Å². The van der Waals surface area contributed by atoms with Crippen molar-refractivity contribution >= 4 is 23.5 Å². The first-order chi connectivity index (χ1) is 12.6. The summed E-state index contributed by atoms with van der Waals surface area (Å²) in [6.07, 6.45) is 3.83. The smallest absolute Gasteiger partial charge is 0.196 e. The molecule has 0 amide bonds. The van der Waals surface area contributed by atoms with Crippen LogP contribution in [0.25, 0.3) is 0 Å². The van der Waals surface area contributed by atoms with Crippen LogP contribution in [0.5, 0.6) is 0 Å². The minimum atomic E-state index is -1.95. The molecule has 0 unspecified atom stereocenters. The Morgan fingerprint density at radius 3 is 1.04 bits per heavy atom. The summed E-state index contributed by atoms with van der Waals surface area (Å²) in [5, 5.41) is 39.7. The van der Waals surface area contributed by atoms with Crippen LogP contribution < -0.4 is 0 Å². The van der Waals surface area contributed by atoms with Gasteiger partial charge in [-0.1, -0.05) is 24.3 Å². The van der Waals surface area contributed by atoms with E-state index in [9.17, 15) is 21.0 Å². The quantitative estimate of drug-likeness (QED) is 0.720. The van der Waals surface area contributed by atoms with Gasteiger partial charge in [-0.15, -0.1) is 23.5 Å². The molecule has 0 aliphatic rings. The number of thioether (sulfide) groups is 2. The maximum absolute atomic E-state index is 9.93. The van der Waals surface area contributed by atoms with Crippen molar-refractivity contribution in [1.82, 2.24) is 0 Å². The van der Waals surface area contributed by atoms with E-state index in [1.165, 1.54) is 23.5 Å². The molecular weight excluding hydrogens is 360 g/mol. The lowest BCUT2D eigenvalue weighted by Crippen LogP contribution is -2.45. The van der Waals surface area contributed by atoms with E-state index in [-0.39, 0.29) is 0 Å². The average molecular weight is 374 g/mol. The lowest BCUT2D eigenvalue weighted by molar-refractivity contribution is 0.523. The topological polar surface area (TPSA) is 95.2 Å². The van der Waals surface area contributed by atoms with Gasteiger partial charge in [0.2, 0.25) is 10.8 Å². The number of hydrogen-bond acceptors (Lipinski definition) is 6. The number of nitrogens with zero attached hydrogens (tertiary/aromatic N) is 4. The van der Waals surface area contributed by atoms with Crippen molar-refractivity contribution in [3.05, 3.63) is 59.7 Å². The lowest BCUT2D eigenvalue weighted by atomic mass is 9.59. The Morgan fingerprint density at radius 1 is 0.577 bits per heavy atom. The highest BCUT2D eigenvalue weighted by Crippen LogP contribution is 2.44. The molecule has 26 heavy (non-hydrogen) atoms. The molecule has 0 aliphatic carbocycles. The first-order valence-electron chi connectivity index (χ1n) is 7.51. The Kier molecular flexibility index (Phi) is 5.97. The van der Waals surface area contributed by atoms with Crippen LogP contribution in [0.2, 0.25) is 0 Å². The number of hydrogen-bond donors (Lipinski definition) is 0. The summed E-state index contributed by atoms with van der Waals surface area (Å²) in [5.74, 6) is 0. The van der Waals surface area contributed by atoms with Crippen LogP contribution in [-0.2, 0) is 10.8 Å². The molecule has 0 spiro atoms. The molecule has 0 radical (unpaired) electrons. The zero-order chi connectivity index (χ0) is 19.2. The van der Waals surface area contributed by atoms with E-state index >= 15 is 0 Å². The summed E-state index contributed by atoms with van der Waals surface area (Å²) >= 11 is 3.05. The Bertz CT molecular complexity index is 842. The van der Waals surface area contributed by atoms with E-state index in [0.29, 0.717) is 11.1 Å². The van der Waals surface area contributed by atoms with Crippen molar-refractivity contribution in [2.45, 2.75) is 20.6 Å². The minimum Gasteiger partial charge on any atom is -0.196 e. The molecule has 0 atom stereocenters. The molecule has 0 fully saturated rings. The first-order valence-corrected chi connectivity index (χ1v) is 9.96. The third-order valence-corrected chi connectivity index (χ3v) is 5.77. The molecule has 0 aliphatic heterocycles. The van der Waals surface area contributed by atoms with Crippen molar-refractivity contribution in [3.63, 3.8) is 0 Å². The molecule has 0 heterocycles. The summed E-state index contributed by atoms with van der Waals surface area (Å²) in [4.78, 5) is 1.92. The van der Waals surface area contributed by atoms with Crippen molar-refractivity contribution in [3.8, 4) is 24.3 Å². The van der Waals surface area contributed by atoms with Gasteiger partial charge in [-0.2, -0.15) is 21.0 Å². The predicted molar refractivity (Wildman–Crippen MR) is 102 cm³/mol. The van der Waals surface area contributed by atoms with Gasteiger partial charge in [0.1, 0.15) is 0 Å². The van der Waals surface area contributed by atoms with Gasteiger partial charge in [-0.05, 0) is 47.9 Å². The summed E-state index contributed by atoms with van der Waals surface area (Å²) < 4.78 is 0. The maximum Gasteiger partial charge on any atom is 0.204 e. The summed E-state index contributed by atoms with van der Waals surface area (Å²) in [6.45, 7) is 0. The molecule has 0 saturated heterocycles. The van der Waals surface area contributed by atoms with E-state index in [1.807, 2.05) is 36.8 Å². The Balaban J connectivity index is 2.77. The molecule has 126 valence electrons. The summed E-state index contributed by atoms with van der Waals surface area (Å²) in [7, 11) is 0. The van der Waals surface area contributed by atoms with Crippen LogP contribution in [0.15, 0.2) is 58.3 Å². The third kappa shape index (κ3) is 2.91. The van der Waals surface area contributed by atoms with Gasteiger partial charge >= 0.3 is 0 Å². The average Bonchev–Trinajstić information content (AvgIpc) is 2.72. The molecule has 2 aromatic rings. The number of rotatable bonds is 5. The van der Waals surface area contributed by atoms with Gasteiger partial charge in [0.15, 0.2) is 0 Å². The molecule has 2 rings (SSSR count). The van der Waals surface area contributed by atoms with Crippen LogP contribution in [0, 0.1) is 45.3 Å². The van der Waals surface area contributed by atoms with Gasteiger partial charge in [0, 0.05) is 9.79 Å². The summed E-state index contributed by atoms with van der Waals surface area (Å²) in [6, 6.07) is 21.5. The molecule has 4 nitrogen and oxygen atoms in total. The van der Waals surface area contributed by atoms with E-state index in [1.54, 1.807) is 48.5 Å². The van der Waals surface area contributed by atoms with Crippen LogP contribution in [-0.4, -0.2) is 12.5 Å². The maximum atomic E-state index is 9.93. The largest absolute Gasteiger partial charge is 0.204 e. The molecule has 2 aromatic carbocycles. The van der Waals surface area contributed by atoms with Crippen LogP contribution in [0.3, 0.4) is 0 Å². The second-order valence-corrected chi connectivity index (χ2v) is 7.16. The number of benzene rings is 2. The van der Waals surface area contributed by atoms with Crippen molar-refractivity contribution in [2.24, 2.45) is 0 Å². The van der Waals surface area contributed by atoms with E-state index < -0.39 is 10.8 Å². The second-order valence-electron chi connectivity index (χ2n) is 5.40. The first kappa shape index (κ1) is 19.4. The molecular formula is C20H14N4S2. The SMILES string of the molecule is CSc1ccc(C(C#N)(C#N)C(C#N)(C#N)c2ccc(SC)cc2)cc1. The fourth-order valence-corrected chi connectivity index (χ4v) is 3.58. The summed E-state index contributed by atoms with van der Waals surface area (Å²) in [5.41, 5.74) is -3.24. The highest BCUT2D eigenvalue weighted by atomic mass is 32.2. The lowest BCUT2D eigenvalue weighted by Gasteiger charge is -2.32. The van der Waals surface area contributed by atoms with E-state index in [0.717, 1.165) is 9.79 Å². The highest BCUT2D eigenvalue weighted by molar-refractivity contribution is 7.98. The fraction of sp³-hybridized carbons (Fsp3) is 0.200. The van der Waals surface area contributed by atoms with Gasteiger partial charge < -0.3 is 0 Å². The molecule has 6 heteroatoms. The minimum absolute atomic E-state index is 0.331. The van der Waals surface area contributed by atoms with E-state index in [4.69, 9.17) is 0 Å². The standard InChI is InChI=1S/C20H14N4S2/c1-25-17-7-3-15(4-8-17)19(11-21,12-22)20(13-23,14-24)16-5-9-18(26-2)10-6-16/h3-10H,1-2H3. The molecule has 0 saturated carbocycles. The monoisotopic (exact) mass is 374 g/mol. The molecule has 0 bridgehead atoms. The highest BCUT2D eigenvalue weighted by Gasteiger charge is 2.57. The van der Waals surface area contributed by atoms with Crippen molar-refractivity contribution in [2.75, 3.05) is 12.5 Å². The fourth-order valence-electron chi connectivity index (χ4n) is 2.76. The second kappa shape index (κ2) is 7.99. The van der Waals surface area contributed by atoms with Gasteiger partial charge in [-0.3, -0.25) is 0 Å². The Hall–Kier alpha value is -2.90. The van der Waals surface area contributed by atoms with Gasteiger partial charge in [-0.25, -0.2) is 0 Å². The zero-order valence-electron chi connectivity index (χ0n) is 14.2. The van der Waals surface area contributed by atoms with E-state index in [2.05, 4.69) is 0 Å². The zero-order valence-corrected chi connectivity index (χ0v) is 15.9. The Labute approximate surface area is 161 Å². The third-order valence-electron chi connectivity index (χ3n) is 4.28. The molecule has 0 N–H and O–H groups in total. The molecule has 0 aromatic heterocycles. The van der Waals surface area contributed by atoms with Crippen LogP contribution >= 0.6 is 23.5 Å².